The van der Waals surface area contributed by atoms with E-state index in [1.807, 2.05) is 0 Å². The van der Waals surface area contributed by atoms with Crippen molar-refractivity contribution in [1.82, 2.24) is 9.55 Å². The zero-order chi connectivity index (χ0) is 20.8. The molecule has 28 heavy (non-hydrogen) atoms. The molecule has 4 atom stereocenters. The molecule has 156 valence electrons. The molecule has 0 aliphatic carbocycles. The van der Waals surface area contributed by atoms with Gasteiger partial charge in [-0.2, -0.15) is 0 Å². The number of unbranched alkanes of at least 4 members (excludes halogenated alkanes) is 2. The average molecular weight is 396 g/mol. The van der Waals surface area contributed by atoms with Crippen LogP contribution < -0.4 is 11.2 Å². The second kappa shape index (κ2) is 9.68. The minimum Gasteiger partial charge on any atom is -0.458 e. The van der Waals surface area contributed by atoms with E-state index in [1.165, 1.54) is 24.6 Å². The van der Waals surface area contributed by atoms with E-state index in [2.05, 4.69) is 11.9 Å². The van der Waals surface area contributed by atoms with Gasteiger partial charge in [0.25, 0.3) is 5.56 Å². The molecular weight excluding hydrogens is 368 g/mol. The van der Waals surface area contributed by atoms with Crippen LogP contribution in [0.3, 0.4) is 0 Å². The van der Waals surface area contributed by atoms with E-state index in [1.54, 1.807) is 6.92 Å². The number of ether oxygens (including phenoxy) is 3. The molecule has 1 fully saturated rings. The lowest BCUT2D eigenvalue weighted by atomic mass is 9.88. The average Bonchev–Trinajstić information content (AvgIpc) is 2.60. The number of H-pyrrole nitrogens is 1. The van der Waals surface area contributed by atoms with Crippen molar-refractivity contribution in [2.45, 2.75) is 71.8 Å². The minimum absolute atomic E-state index is 0.0307. The van der Waals surface area contributed by atoms with Gasteiger partial charge >= 0.3 is 17.6 Å². The molecule has 1 aliphatic rings. The van der Waals surface area contributed by atoms with E-state index in [9.17, 15) is 19.2 Å². The summed E-state index contributed by atoms with van der Waals surface area (Å²) in [5.41, 5.74) is -0.704. The van der Waals surface area contributed by atoms with Crippen molar-refractivity contribution in [3.05, 3.63) is 32.6 Å². The quantitative estimate of drug-likeness (QED) is 0.547. The van der Waals surface area contributed by atoms with Crippen molar-refractivity contribution in [3.63, 3.8) is 0 Å². The minimum atomic E-state index is -0.760. The molecule has 9 heteroatoms. The molecule has 1 N–H and O–H groups in total. The Hall–Kier alpha value is -2.42. The standard InChI is InChI=1S/C19H28N2O7/c1-5-6-7-8-14-16(28-13(4)23)15(27-12(3)22)10-26-18(14)21-9-11(2)17(24)20-19(21)25/h9,14-16,18H,5-8,10H2,1-4H3,(H,20,24,25)/t14-,15-,16+,18+/m1/s1. The summed E-state index contributed by atoms with van der Waals surface area (Å²) in [5.74, 6) is -1.43. The van der Waals surface area contributed by atoms with Gasteiger partial charge in [-0.15, -0.1) is 0 Å². The third kappa shape index (κ3) is 5.31. The van der Waals surface area contributed by atoms with Crippen molar-refractivity contribution in [2.75, 3.05) is 6.61 Å². The lowest BCUT2D eigenvalue weighted by Crippen LogP contribution is -2.52. The van der Waals surface area contributed by atoms with Crippen LogP contribution in [0.1, 0.15) is 58.2 Å². The smallest absolute Gasteiger partial charge is 0.330 e. The molecular formula is C19H28N2O7. The first kappa shape index (κ1) is 21.9. The Kier molecular flexibility index (Phi) is 7.56. The molecule has 2 rings (SSSR count). The number of rotatable bonds is 7. The fourth-order valence-corrected chi connectivity index (χ4v) is 3.52. The van der Waals surface area contributed by atoms with Gasteiger partial charge in [0.05, 0.1) is 6.61 Å². The highest BCUT2D eigenvalue weighted by Gasteiger charge is 2.45. The molecule has 1 aromatic heterocycles. The molecule has 0 saturated carbocycles. The fraction of sp³-hybridized carbons (Fsp3) is 0.684. The van der Waals surface area contributed by atoms with Crippen molar-refractivity contribution in [1.29, 1.82) is 0 Å². The zero-order valence-electron chi connectivity index (χ0n) is 16.7. The first-order valence-electron chi connectivity index (χ1n) is 9.52. The van der Waals surface area contributed by atoms with E-state index < -0.39 is 47.5 Å². The molecule has 1 aliphatic heterocycles. The molecule has 1 aromatic rings. The van der Waals surface area contributed by atoms with Crippen LogP contribution >= 0.6 is 0 Å². The molecule has 0 spiro atoms. The zero-order valence-corrected chi connectivity index (χ0v) is 16.7. The first-order valence-corrected chi connectivity index (χ1v) is 9.52. The molecule has 0 unspecified atom stereocenters. The van der Waals surface area contributed by atoms with Crippen molar-refractivity contribution < 1.29 is 23.8 Å². The number of aromatic amines is 1. The first-order chi connectivity index (χ1) is 13.2. The predicted molar refractivity (Wildman–Crippen MR) is 99.8 cm³/mol. The van der Waals surface area contributed by atoms with Crippen LogP contribution in [0, 0.1) is 12.8 Å². The third-order valence-corrected chi connectivity index (χ3v) is 4.77. The van der Waals surface area contributed by atoms with Crippen molar-refractivity contribution in [3.8, 4) is 0 Å². The van der Waals surface area contributed by atoms with Crippen LogP contribution in [0.15, 0.2) is 15.8 Å². The highest BCUT2D eigenvalue weighted by atomic mass is 16.6. The summed E-state index contributed by atoms with van der Waals surface area (Å²) in [6.45, 7) is 6.19. The van der Waals surface area contributed by atoms with Gasteiger partial charge in [0.15, 0.2) is 6.10 Å². The highest BCUT2D eigenvalue weighted by Crippen LogP contribution is 2.36. The molecule has 2 heterocycles. The maximum Gasteiger partial charge on any atom is 0.330 e. The van der Waals surface area contributed by atoms with Gasteiger partial charge in [0.1, 0.15) is 12.3 Å². The van der Waals surface area contributed by atoms with E-state index >= 15 is 0 Å². The molecule has 0 radical (unpaired) electrons. The summed E-state index contributed by atoms with van der Waals surface area (Å²) in [7, 11) is 0. The Balaban J connectivity index is 2.44. The Morgan fingerprint density at radius 1 is 1.21 bits per heavy atom. The lowest BCUT2D eigenvalue weighted by molar-refractivity contribution is -0.217. The summed E-state index contributed by atoms with van der Waals surface area (Å²) in [6.07, 6.45) is 2.53. The summed E-state index contributed by atoms with van der Waals surface area (Å²) in [6, 6.07) is 0. The second-order valence-corrected chi connectivity index (χ2v) is 7.08. The highest BCUT2D eigenvalue weighted by molar-refractivity contribution is 5.67. The topological polar surface area (TPSA) is 117 Å². The Labute approximate surface area is 163 Å². The van der Waals surface area contributed by atoms with E-state index in [-0.39, 0.29) is 6.61 Å². The van der Waals surface area contributed by atoms with Gasteiger partial charge in [0, 0.05) is 31.5 Å². The largest absolute Gasteiger partial charge is 0.458 e. The normalized spacial score (nSPS) is 24.6. The lowest BCUT2D eigenvalue weighted by Gasteiger charge is -2.42. The van der Waals surface area contributed by atoms with Crippen molar-refractivity contribution >= 4 is 11.9 Å². The van der Waals surface area contributed by atoms with Crippen molar-refractivity contribution in [2.24, 2.45) is 5.92 Å². The summed E-state index contributed by atoms with van der Waals surface area (Å²) < 4.78 is 18.0. The summed E-state index contributed by atoms with van der Waals surface area (Å²) in [5, 5.41) is 0. The molecule has 1 saturated heterocycles. The van der Waals surface area contributed by atoms with Crippen LogP contribution in [0.2, 0.25) is 0 Å². The van der Waals surface area contributed by atoms with Gasteiger partial charge in [-0.1, -0.05) is 26.2 Å². The number of hydrogen-bond donors (Lipinski definition) is 1. The number of carbonyl (C=O) groups excluding carboxylic acids is 2. The molecule has 0 bridgehead atoms. The van der Waals surface area contributed by atoms with E-state index in [0.717, 1.165) is 19.3 Å². The van der Waals surface area contributed by atoms with Gasteiger partial charge < -0.3 is 14.2 Å². The summed E-state index contributed by atoms with van der Waals surface area (Å²) in [4.78, 5) is 49.6. The fourth-order valence-electron chi connectivity index (χ4n) is 3.52. The number of hydrogen-bond acceptors (Lipinski definition) is 7. The van der Waals surface area contributed by atoms with Crippen LogP contribution in [0.4, 0.5) is 0 Å². The Morgan fingerprint density at radius 3 is 2.50 bits per heavy atom. The predicted octanol–water partition coefficient (Wildman–Crippen LogP) is 1.43. The van der Waals surface area contributed by atoms with Gasteiger partial charge in [0.2, 0.25) is 0 Å². The number of nitrogens with one attached hydrogen (secondary N) is 1. The van der Waals surface area contributed by atoms with E-state index in [0.29, 0.717) is 12.0 Å². The van der Waals surface area contributed by atoms with Crippen LogP contribution in [-0.4, -0.2) is 40.3 Å². The number of aromatic nitrogens is 2. The Bertz CT molecular complexity index is 813. The van der Waals surface area contributed by atoms with Crippen LogP contribution in [0.25, 0.3) is 0 Å². The summed E-state index contributed by atoms with van der Waals surface area (Å²) >= 11 is 0. The van der Waals surface area contributed by atoms with Gasteiger partial charge in [-0.3, -0.25) is 23.9 Å². The number of nitrogens with zero attached hydrogens (tertiary/aromatic N) is 1. The molecule has 0 aromatic carbocycles. The van der Waals surface area contributed by atoms with Gasteiger partial charge in [-0.05, 0) is 13.3 Å². The second-order valence-electron chi connectivity index (χ2n) is 7.08. The monoisotopic (exact) mass is 396 g/mol. The van der Waals surface area contributed by atoms with Crippen LogP contribution in [0.5, 0.6) is 0 Å². The van der Waals surface area contributed by atoms with Crippen LogP contribution in [-0.2, 0) is 23.8 Å². The Morgan fingerprint density at radius 2 is 1.89 bits per heavy atom. The number of esters is 2. The van der Waals surface area contributed by atoms with Gasteiger partial charge in [-0.25, -0.2) is 4.79 Å². The molecule has 9 nitrogen and oxygen atoms in total. The SMILES string of the molecule is CCCCC[C@@H]1[C@H](OC(C)=O)[C@H](OC(C)=O)CO[C@@H]1n1cc(C)c(=O)[nH]c1=O. The molecule has 0 amide bonds. The van der Waals surface area contributed by atoms with E-state index in [4.69, 9.17) is 14.2 Å². The maximum absolute atomic E-state index is 12.4. The third-order valence-electron chi connectivity index (χ3n) is 4.77. The number of aryl methyl sites for hydroxylation is 1. The number of carbonyl (C=O) groups is 2. The maximum atomic E-state index is 12.4.